The van der Waals surface area contributed by atoms with Gasteiger partial charge in [-0.15, -0.1) is 0 Å². The van der Waals surface area contributed by atoms with E-state index < -0.39 is 17.1 Å². The lowest BCUT2D eigenvalue weighted by atomic mass is 9.85. The largest absolute Gasteiger partial charge is 0.497 e. The molecule has 3 aromatic carbocycles. The van der Waals surface area contributed by atoms with Crippen LogP contribution >= 0.6 is 0 Å². The predicted molar refractivity (Wildman–Crippen MR) is 195 cm³/mol. The van der Waals surface area contributed by atoms with Crippen molar-refractivity contribution in [1.29, 1.82) is 0 Å². The summed E-state index contributed by atoms with van der Waals surface area (Å²) >= 11 is 0. The molecule has 0 fully saturated rings. The van der Waals surface area contributed by atoms with Crippen LogP contribution in [0.5, 0.6) is 17.2 Å². The van der Waals surface area contributed by atoms with Gasteiger partial charge >= 0.3 is 17.1 Å². The summed E-state index contributed by atoms with van der Waals surface area (Å²) in [5, 5.41) is 0. The van der Waals surface area contributed by atoms with Crippen LogP contribution in [0.4, 0.5) is 0 Å². The quantitative estimate of drug-likeness (QED) is 0.147. The van der Waals surface area contributed by atoms with Crippen molar-refractivity contribution < 1.29 is 42.6 Å². The number of ether oxygens (including phenoxy) is 9. The Morgan fingerprint density at radius 1 is 0.423 bits per heavy atom. The second-order valence-corrected chi connectivity index (χ2v) is 10.9. The van der Waals surface area contributed by atoms with E-state index in [1.807, 2.05) is 36.4 Å². The van der Waals surface area contributed by atoms with Gasteiger partial charge in [-0.1, -0.05) is 36.4 Å². The molecule has 0 N–H and O–H groups in total. The van der Waals surface area contributed by atoms with Crippen LogP contribution in [-0.2, 0) is 48.6 Å². The molecular formula is C37H51N3O12. The first kappa shape index (κ1) is 43.4. The van der Waals surface area contributed by atoms with Crippen LogP contribution in [0.1, 0.15) is 22.6 Å². The van der Waals surface area contributed by atoms with Gasteiger partial charge in [0.2, 0.25) is 0 Å². The smallest absolute Gasteiger partial charge is 0.340 e. The van der Waals surface area contributed by atoms with Crippen LogP contribution in [0.25, 0.3) is 0 Å². The average molecular weight is 730 g/mol. The molecule has 4 aromatic rings. The molecule has 0 atom stereocenters. The molecule has 0 aliphatic carbocycles. The molecule has 15 nitrogen and oxygen atoms in total. The van der Waals surface area contributed by atoms with E-state index in [1.165, 1.54) is 38.0 Å². The van der Waals surface area contributed by atoms with Gasteiger partial charge in [0.25, 0.3) is 0 Å². The van der Waals surface area contributed by atoms with Crippen molar-refractivity contribution >= 4 is 0 Å². The Balaban J connectivity index is 0.000000303. The molecule has 0 saturated heterocycles. The minimum absolute atomic E-state index is 0.0694. The summed E-state index contributed by atoms with van der Waals surface area (Å²) < 4.78 is 47.1. The van der Waals surface area contributed by atoms with Gasteiger partial charge in [0.05, 0.1) is 34.5 Å². The summed E-state index contributed by atoms with van der Waals surface area (Å²) in [7, 11) is 14.0. The van der Waals surface area contributed by atoms with E-state index >= 15 is 0 Å². The number of hydrogen-bond donors (Lipinski definition) is 0. The predicted octanol–water partition coefficient (Wildman–Crippen LogP) is 3.17. The maximum Gasteiger partial charge on any atom is 0.340 e. The topological polar surface area (TPSA) is 149 Å². The molecule has 0 aliphatic rings. The second kappa shape index (κ2) is 23.7. The molecule has 0 spiro atoms. The summed E-state index contributed by atoms with van der Waals surface area (Å²) in [6.45, 7) is 0.400. The molecule has 1 heterocycles. The van der Waals surface area contributed by atoms with E-state index in [1.54, 1.807) is 42.7 Å². The van der Waals surface area contributed by atoms with Crippen molar-refractivity contribution in [3.63, 3.8) is 0 Å². The third-order valence-corrected chi connectivity index (χ3v) is 7.55. The molecule has 0 radical (unpaired) electrons. The molecule has 0 aliphatic heterocycles. The summed E-state index contributed by atoms with van der Waals surface area (Å²) in [6, 6.07) is 24.6. The maximum atomic E-state index is 11.9. The molecule has 52 heavy (non-hydrogen) atoms. The second-order valence-electron chi connectivity index (χ2n) is 10.9. The van der Waals surface area contributed by atoms with Gasteiger partial charge < -0.3 is 42.6 Å². The number of benzene rings is 3. The van der Waals surface area contributed by atoms with E-state index in [9.17, 15) is 14.4 Å². The molecular weight excluding hydrogens is 678 g/mol. The Bertz CT molecular complexity index is 1520. The van der Waals surface area contributed by atoms with Crippen molar-refractivity contribution in [2.24, 2.45) is 0 Å². The SMILES string of the molecule is COCC(COC)OC.COCn1c(=O)n(COC)c(=O)n(COC)c1=O.COc1ccc(C(c2ccc(OC)cc2)c2ccc(OC)cc2)cc1. The molecule has 0 saturated carbocycles. The first-order valence-corrected chi connectivity index (χ1v) is 16.0. The van der Waals surface area contributed by atoms with Gasteiger partial charge in [-0.3, -0.25) is 0 Å². The lowest BCUT2D eigenvalue weighted by Gasteiger charge is -2.20. The highest BCUT2D eigenvalue weighted by molar-refractivity contribution is 5.46. The van der Waals surface area contributed by atoms with Gasteiger partial charge in [-0.05, 0) is 53.1 Å². The van der Waals surface area contributed by atoms with Crippen LogP contribution in [0.3, 0.4) is 0 Å². The minimum Gasteiger partial charge on any atom is -0.497 e. The first-order valence-electron chi connectivity index (χ1n) is 16.0. The van der Waals surface area contributed by atoms with Crippen LogP contribution in [-0.4, -0.2) is 97.0 Å². The highest BCUT2D eigenvalue weighted by Gasteiger charge is 2.18. The van der Waals surface area contributed by atoms with Gasteiger partial charge in [-0.2, -0.15) is 0 Å². The van der Waals surface area contributed by atoms with Crippen molar-refractivity contribution in [2.45, 2.75) is 32.2 Å². The lowest BCUT2D eigenvalue weighted by Crippen LogP contribution is -2.55. The lowest BCUT2D eigenvalue weighted by molar-refractivity contribution is -0.0178. The summed E-state index contributed by atoms with van der Waals surface area (Å²) in [5.74, 6) is 2.69. The Hall–Kier alpha value is -4.77. The van der Waals surface area contributed by atoms with Gasteiger partial charge in [0, 0.05) is 48.6 Å². The normalized spacial score (nSPS) is 10.7. The molecule has 1 aromatic heterocycles. The highest BCUT2D eigenvalue weighted by atomic mass is 16.5. The third-order valence-electron chi connectivity index (χ3n) is 7.55. The maximum absolute atomic E-state index is 11.9. The molecule has 0 unspecified atom stereocenters. The Morgan fingerprint density at radius 3 is 0.885 bits per heavy atom. The zero-order valence-corrected chi connectivity index (χ0v) is 31.4. The Kier molecular flexibility index (Phi) is 19.7. The van der Waals surface area contributed by atoms with Crippen molar-refractivity contribution in [1.82, 2.24) is 13.7 Å². The Morgan fingerprint density at radius 2 is 0.692 bits per heavy atom. The number of methoxy groups -OCH3 is 9. The Labute approximate surface area is 303 Å². The van der Waals surface area contributed by atoms with E-state index in [-0.39, 0.29) is 32.2 Å². The van der Waals surface area contributed by atoms with Gasteiger partial charge in [0.1, 0.15) is 43.5 Å². The van der Waals surface area contributed by atoms with Crippen LogP contribution in [0.2, 0.25) is 0 Å². The van der Waals surface area contributed by atoms with Gasteiger partial charge in [0.15, 0.2) is 0 Å². The average Bonchev–Trinajstić information content (AvgIpc) is 3.18. The molecule has 4 rings (SSSR count). The number of nitrogens with zero attached hydrogens (tertiary/aromatic N) is 3. The zero-order chi connectivity index (χ0) is 38.5. The van der Waals surface area contributed by atoms with E-state index in [0.29, 0.717) is 13.2 Å². The number of hydrogen-bond acceptors (Lipinski definition) is 12. The van der Waals surface area contributed by atoms with Crippen LogP contribution in [0.15, 0.2) is 87.2 Å². The fourth-order valence-corrected chi connectivity index (χ4v) is 4.92. The van der Waals surface area contributed by atoms with Crippen molar-refractivity contribution in [3.05, 3.63) is 121 Å². The van der Waals surface area contributed by atoms with Crippen LogP contribution < -0.4 is 31.3 Å². The summed E-state index contributed by atoms with van der Waals surface area (Å²) in [4.78, 5) is 35.6. The fraction of sp³-hybridized carbons (Fsp3) is 0.432. The number of aromatic nitrogens is 3. The number of rotatable bonds is 17. The minimum atomic E-state index is -0.791. The standard InChI is InChI=1S/C22H22O3.C9H15N3O6.C6H14O3/c1-23-19-10-4-16(5-11-19)22(17-6-12-20(24-2)13-7-17)18-8-14-21(25-3)15-9-18;1-16-4-10-7(13)11(5-17-2)9(15)12(6-18-3)8(10)14;1-7-4-6(9-3)5-8-2/h4-15,22H,1-3H3;4-6H2,1-3H3;6H,4-5H2,1-3H3. The first-order chi connectivity index (χ1) is 25.2. The van der Waals surface area contributed by atoms with Crippen molar-refractivity contribution in [3.8, 4) is 17.2 Å². The summed E-state index contributed by atoms with van der Waals surface area (Å²) in [6.07, 6.45) is 0.0694. The molecule has 0 amide bonds. The van der Waals surface area contributed by atoms with E-state index in [4.69, 9.17) is 42.6 Å². The molecule has 286 valence electrons. The van der Waals surface area contributed by atoms with Crippen LogP contribution in [0, 0.1) is 0 Å². The monoisotopic (exact) mass is 729 g/mol. The van der Waals surface area contributed by atoms with Crippen molar-refractivity contribution in [2.75, 3.05) is 77.2 Å². The fourth-order valence-electron chi connectivity index (χ4n) is 4.92. The molecule has 0 bridgehead atoms. The molecule has 15 heteroatoms. The third kappa shape index (κ3) is 12.5. The van der Waals surface area contributed by atoms with Gasteiger partial charge in [-0.25, -0.2) is 28.1 Å². The van der Waals surface area contributed by atoms with E-state index in [0.717, 1.165) is 30.9 Å². The highest BCUT2D eigenvalue weighted by Crippen LogP contribution is 2.34. The zero-order valence-electron chi connectivity index (χ0n) is 31.4. The van der Waals surface area contributed by atoms with E-state index in [2.05, 4.69) is 36.4 Å². The summed E-state index contributed by atoms with van der Waals surface area (Å²) in [5.41, 5.74) is 1.24.